The van der Waals surface area contributed by atoms with E-state index in [1.54, 1.807) is 0 Å². The molecule has 15 heavy (non-hydrogen) atoms. The van der Waals surface area contributed by atoms with Crippen LogP contribution < -0.4 is 0 Å². The van der Waals surface area contributed by atoms with E-state index in [-0.39, 0.29) is 0 Å². The van der Waals surface area contributed by atoms with Crippen molar-refractivity contribution in [3.8, 4) is 0 Å². The van der Waals surface area contributed by atoms with Crippen LogP contribution in [0.25, 0.3) is 0 Å². The molecule has 0 fully saturated rings. The van der Waals surface area contributed by atoms with Gasteiger partial charge in [-0.3, -0.25) is 0 Å². The summed E-state index contributed by atoms with van der Waals surface area (Å²) in [6.45, 7) is 4.41. The Balaban J connectivity index is 0.000000162. The maximum absolute atomic E-state index is 3.74. The van der Waals surface area contributed by atoms with Crippen LogP contribution in [0.3, 0.4) is 0 Å². The summed E-state index contributed by atoms with van der Waals surface area (Å²) in [4.78, 5) is 0. The third-order valence-corrected chi connectivity index (χ3v) is 2.59. The number of benzene rings is 1. The Morgan fingerprint density at radius 1 is 1.13 bits per heavy atom. The SMILES string of the molecule is CC(C)c1ccccc1.[Fe][C]1=CC=CC1. The van der Waals surface area contributed by atoms with Crippen LogP contribution in [0.5, 0.6) is 0 Å². The normalized spacial score (nSPS) is 13.5. The van der Waals surface area contributed by atoms with Crippen molar-refractivity contribution in [2.45, 2.75) is 26.2 Å². The predicted molar refractivity (Wildman–Crippen MR) is 62.4 cm³/mol. The van der Waals surface area contributed by atoms with Crippen molar-refractivity contribution in [2.75, 3.05) is 0 Å². The molecule has 81 valence electrons. The quantitative estimate of drug-likeness (QED) is 0.647. The molecular formula is C14H17Fe. The van der Waals surface area contributed by atoms with Crippen molar-refractivity contribution in [1.29, 1.82) is 0 Å². The summed E-state index contributed by atoms with van der Waals surface area (Å²) in [6.07, 6.45) is 7.21. The molecule has 0 aromatic heterocycles. The third-order valence-electron chi connectivity index (χ3n) is 2.18. The Morgan fingerprint density at radius 3 is 2.07 bits per heavy atom. The fourth-order valence-electron chi connectivity index (χ4n) is 1.25. The van der Waals surface area contributed by atoms with E-state index >= 15 is 0 Å². The van der Waals surface area contributed by atoms with Crippen LogP contribution in [0.2, 0.25) is 0 Å². The Kier molecular flexibility index (Phi) is 5.45. The van der Waals surface area contributed by atoms with Crippen molar-refractivity contribution in [3.05, 3.63) is 58.6 Å². The minimum absolute atomic E-state index is 0.659. The molecule has 0 saturated carbocycles. The zero-order valence-corrected chi connectivity index (χ0v) is 10.4. The molecule has 0 N–H and O–H groups in total. The molecule has 2 rings (SSSR count). The van der Waals surface area contributed by atoms with Gasteiger partial charge in [0.25, 0.3) is 0 Å². The van der Waals surface area contributed by atoms with Crippen molar-refractivity contribution >= 4 is 0 Å². The molecule has 0 amide bonds. The summed E-state index contributed by atoms with van der Waals surface area (Å²) in [7, 11) is 0. The molecule has 0 saturated heterocycles. The average molecular weight is 241 g/mol. The Bertz CT molecular complexity index is 334. The number of hydrogen-bond donors (Lipinski definition) is 0. The number of rotatable bonds is 1. The number of allylic oxidation sites excluding steroid dienone is 4. The van der Waals surface area contributed by atoms with Gasteiger partial charge in [0.15, 0.2) is 0 Å². The van der Waals surface area contributed by atoms with Gasteiger partial charge in [-0.2, -0.15) is 0 Å². The van der Waals surface area contributed by atoms with Gasteiger partial charge < -0.3 is 0 Å². The molecule has 0 aliphatic heterocycles. The second-order valence-corrected chi connectivity index (χ2v) is 4.50. The summed E-state index contributed by atoms with van der Waals surface area (Å²) in [5, 5.41) is 0. The second-order valence-electron chi connectivity index (χ2n) is 3.80. The molecule has 1 aliphatic carbocycles. The van der Waals surface area contributed by atoms with Crippen molar-refractivity contribution < 1.29 is 16.0 Å². The fourth-order valence-corrected chi connectivity index (χ4v) is 1.49. The summed E-state index contributed by atoms with van der Waals surface area (Å²) in [5.74, 6) is 0.659. The van der Waals surface area contributed by atoms with E-state index < -0.39 is 0 Å². The van der Waals surface area contributed by atoms with Gasteiger partial charge in [0.2, 0.25) is 0 Å². The standard InChI is InChI=1S/C9H12.C5H5.Fe/c1-8(2)9-6-4-3-5-7-9;1-2-4-5-3-1;/h3-8H,1-2H3;1-3H,4H2;. The first-order chi connectivity index (χ1) is 7.20. The molecular weight excluding hydrogens is 224 g/mol. The van der Waals surface area contributed by atoms with E-state index in [1.165, 1.54) is 10.0 Å². The van der Waals surface area contributed by atoms with E-state index in [0.29, 0.717) is 5.92 Å². The first kappa shape index (κ1) is 12.3. The van der Waals surface area contributed by atoms with Crippen LogP contribution in [0, 0.1) is 0 Å². The third kappa shape index (κ3) is 5.01. The summed E-state index contributed by atoms with van der Waals surface area (Å²) >= 11 is 3.74. The molecule has 0 radical (unpaired) electrons. The minimum atomic E-state index is 0.659. The Morgan fingerprint density at radius 2 is 1.80 bits per heavy atom. The van der Waals surface area contributed by atoms with Crippen molar-refractivity contribution in [2.24, 2.45) is 0 Å². The number of hydrogen-bond acceptors (Lipinski definition) is 0. The first-order valence-electron chi connectivity index (χ1n) is 5.25. The van der Waals surface area contributed by atoms with Gasteiger partial charge in [-0.15, -0.1) is 0 Å². The van der Waals surface area contributed by atoms with E-state index in [1.807, 2.05) is 18.2 Å². The summed E-state index contributed by atoms with van der Waals surface area (Å²) in [5.41, 5.74) is 1.41. The van der Waals surface area contributed by atoms with Crippen LogP contribution in [-0.4, -0.2) is 0 Å². The van der Waals surface area contributed by atoms with E-state index in [2.05, 4.69) is 60.2 Å². The zero-order valence-electron chi connectivity index (χ0n) is 9.26. The molecule has 0 atom stereocenters. The van der Waals surface area contributed by atoms with Gasteiger partial charge >= 0.3 is 45.1 Å². The van der Waals surface area contributed by atoms with E-state index in [4.69, 9.17) is 0 Å². The second kappa shape index (κ2) is 6.66. The fraction of sp³-hybridized carbons (Fsp3) is 0.286. The van der Waals surface area contributed by atoms with Gasteiger partial charge in [0.05, 0.1) is 0 Å². The van der Waals surface area contributed by atoms with Crippen LogP contribution in [-0.2, 0) is 16.0 Å². The topological polar surface area (TPSA) is 0 Å². The molecule has 0 unspecified atom stereocenters. The molecule has 0 heterocycles. The first-order valence-corrected chi connectivity index (χ1v) is 5.80. The van der Waals surface area contributed by atoms with E-state index in [0.717, 1.165) is 6.42 Å². The predicted octanol–water partition coefficient (Wildman–Crippen LogP) is 4.19. The van der Waals surface area contributed by atoms with Crippen LogP contribution in [0.1, 0.15) is 31.7 Å². The van der Waals surface area contributed by atoms with Gasteiger partial charge in [0, 0.05) is 0 Å². The van der Waals surface area contributed by atoms with Gasteiger partial charge in [0.1, 0.15) is 0 Å². The molecule has 0 bridgehead atoms. The Labute approximate surface area is 101 Å². The van der Waals surface area contributed by atoms with Gasteiger partial charge in [-0.05, 0) is 11.5 Å². The summed E-state index contributed by atoms with van der Waals surface area (Å²) in [6, 6.07) is 10.5. The van der Waals surface area contributed by atoms with Gasteiger partial charge in [-0.25, -0.2) is 0 Å². The molecule has 1 aromatic rings. The molecule has 1 aliphatic rings. The average Bonchev–Trinajstić information content (AvgIpc) is 2.71. The van der Waals surface area contributed by atoms with Gasteiger partial charge in [-0.1, -0.05) is 44.2 Å². The molecule has 1 heteroatoms. The summed E-state index contributed by atoms with van der Waals surface area (Å²) < 4.78 is 1.22. The van der Waals surface area contributed by atoms with Crippen molar-refractivity contribution in [1.82, 2.24) is 0 Å². The Hall–Kier alpha value is -0.781. The van der Waals surface area contributed by atoms with Crippen molar-refractivity contribution in [3.63, 3.8) is 0 Å². The molecule has 1 aromatic carbocycles. The van der Waals surface area contributed by atoms with Crippen LogP contribution in [0.4, 0.5) is 0 Å². The maximum atomic E-state index is 3.74. The monoisotopic (exact) mass is 241 g/mol. The van der Waals surface area contributed by atoms with E-state index in [9.17, 15) is 0 Å². The molecule has 0 spiro atoms. The molecule has 0 nitrogen and oxygen atoms in total. The van der Waals surface area contributed by atoms with Crippen LogP contribution in [0.15, 0.2) is 53.0 Å². The zero-order chi connectivity index (χ0) is 11.1. The van der Waals surface area contributed by atoms with Crippen LogP contribution >= 0.6 is 0 Å².